The molecule has 2 aromatic rings. The van der Waals surface area contributed by atoms with Gasteiger partial charge in [-0.25, -0.2) is 14.8 Å². The molecule has 0 radical (unpaired) electrons. The first-order valence-corrected chi connectivity index (χ1v) is 5.96. The summed E-state index contributed by atoms with van der Waals surface area (Å²) in [4.78, 5) is 19.6. The molecule has 2 rings (SSSR count). The van der Waals surface area contributed by atoms with Gasteiger partial charge in [-0.15, -0.1) is 0 Å². The first-order valence-electron chi connectivity index (χ1n) is 5.96. The van der Waals surface area contributed by atoms with Crippen molar-refractivity contribution >= 4 is 6.09 Å². The summed E-state index contributed by atoms with van der Waals surface area (Å²) in [5, 5.41) is 2.60. The zero-order chi connectivity index (χ0) is 13.5. The Hall–Kier alpha value is -2.43. The Kier molecular flexibility index (Phi) is 4.44. The molecule has 0 saturated carbocycles. The maximum absolute atomic E-state index is 11.5. The van der Waals surface area contributed by atoms with E-state index in [1.165, 1.54) is 0 Å². The van der Waals surface area contributed by atoms with Gasteiger partial charge in [-0.1, -0.05) is 30.3 Å². The van der Waals surface area contributed by atoms with E-state index in [9.17, 15) is 4.79 Å². The number of alkyl carbamates (subject to hydrolysis) is 1. The van der Waals surface area contributed by atoms with Crippen molar-refractivity contribution in [3.05, 3.63) is 59.7 Å². The average molecular weight is 257 g/mol. The van der Waals surface area contributed by atoms with Crippen LogP contribution in [-0.2, 0) is 17.9 Å². The third kappa shape index (κ3) is 4.39. The predicted molar refractivity (Wildman–Crippen MR) is 70.2 cm³/mol. The lowest BCUT2D eigenvalue weighted by Crippen LogP contribution is -2.24. The van der Waals surface area contributed by atoms with Crippen LogP contribution in [0.25, 0.3) is 0 Å². The van der Waals surface area contributed by atoms with Crippen LogP contribution in [0.1, 0.15) is 17.0 Å². The molecule has 0 saturated heterocycles. The van der Waals surface area contributed by atoms with Gasteiger partial charge in [-0.2, -0.15) is 0 Å². The van der Waals surface area contributed by atoms with Crippen molar-refractivity contribution < 1.29 is 9.53 Å². The lowest BCUT2D eigenvalue weighted by Gasteiger charge is -2.06. The highest BCUT2D eigenvalue weighted by molar-refractivity contribution is 5.67. The molecule has 0 atom stereocenters. The summed E-state index contributed by atoms with van der Waals surface area (Å²) in [7, 11) is 0. The van der Waals surface area contributed by atoms with Crippen molar-refractivity contribution in [1.29, 1.82) is 0 Å². The van der Waals surface area contributed by atoms with Crippen molar-refractivity contribution in [3.63, 3.8) is 0 Å². The second-order valence-corrected chi connectivity index (χ2v) is 4.09. The third-order valence-electron chi connectivity index (χ3n) is 2.44. The van der Waals surface area contributed by atoms with Crippen molar-refractivity contribution in [2.75, 3.05) is 0 Å². The van der Waals surface area contributed by atoms with Crippen LogP contribution in [0.5, 0.6) is 0 Å². The molecule has 5 nitrogen and oxygen atoms in total. The normalized spacial score (nSPS) is 9.95. The number of carbonyl (C=O) groups excluding carboxylic acids is 1. The number of nitrogens with one attached hydrogen (secondary N) is 1. The van der Waals surface area contributed by atoms with Crippen molar-refractivity contribution in [3.8, 4) is 0 Å². The van der Waals surface area contributed by atoms with Gasteiger partial charge in [0.25, 0.3) is 0 Å². The molecule has 1 aromatic carbocycles. The van der Waals surface area contributed by atoms with Crippen LogP contribution < -0.4 is 5.32 Å². The minimum Gasteiger partial charge on any atom is -0.445 e. The van der Waals surface area contributed by atoms with Gasteiger partial charge >= 0.3 is 6.09 Å². The van der Waals surface area contributed by atoms with E-state index in [2.05, 4.69) is 15.3 Å². The number of rotatable bonds is 4. The Labute approximate surface area is 111 Å². The zero-order valence-electron chi connectivity index (χ0n) is 10.7. The molecule has 1 heterocycles. The van der Waals surface area contributed by atoms with Crippen LogP contribution in [0.4, 0.5) is 4.79 Å². The zero-order valence-corrected chi connectivity index (χ0v) is 10.7. The van der Waals surface area contributed by atoms with Crippen LogP contribution >= 0.6 is 0 Å². The third-order valence-corrected chi connectivity index (χ3v) is 2.44. The molecular weight excluding hydrogens is 242 g/mol. The molecule has 0 bridgehead atoms. The number of aromatic nitrogens is 2. The van der Waals surface area contributed by atoms with Crippen molar-refractivity contribution in [2.24, 2.45) is 0 Å². The fraction of sp³-hybridized carbons (Fsp3) is 0.214. The predicted octanol–water partition coefficient (Wildman–Crippen LogP) is 2.21. The summed E-state index contributed by atoms with van der Waals surface area (Å²) in [6.45, 7) is 2.42. The molecule has 98 valence electrons. The molecule has 0 aliphatic carbocycles. The molecule has 19 heavy (non-hydrogen) atoms. The van der Waals surface area contributed by atoms with Crippen LogP contribution in [0, 0.1) is 6.92 Å². The molecule has 5 heteroatoms. The summed E-state index contributed by atoms with van der Waals surface area (Å²) < 4.78 is 5.07. The van der Waals surface area contributed by atoms with Gasteiger partial charge in [0.1, 0.15) is 12.4 Å². The van der Waals surface area contributed by atoms with Crippen molar-refractivity contribution in [2.45, 2.75) is 20.1 Å². The molecule has 0 spiro atoms. The standard InChI is InChI=1S/C14H15N3O2/c1-11-7-15-13(16-8-11)9-17-14(18)19-10-12-5-3-2-4-6-12/h2-8H,9-10H2,1H3,(H,17,18). The van der Waals surface area contributed by atoms with E-state index >= 15 is 0 Å². The molecule has 0 unspecified atom stereocenters. The Morgan fingerprint density at radius 1 is 1.21 bits per heavy atom. The van der Waals surface area contributed by atoms with Gasteiger partial charge in [-0.3, -0.25) is 0 Å². The SMILES string of the molecule is Cc1cnc(CNC(=O)OCc2ccccc2)nc1. The van der Waals surface area contributed by atoms with E-state index in [0.29, 0.717) is 5.82 Å². The minimum absolute atomic E-state index is 0.251. The van der Waals surface area contributed by atoms with Crippen LogP contribution in [0.2, 0.25) is 0 Å². The summed E-state index contributed by atoms with van der Waals surface area (Å²) in [6.07, 6.45) is 2.94. The van der Waals surface area contributed by atoms with Crippen LogP contribution in [0.3, 0.4) is 0 Å². The topological polar surface area (TPSA) is 64.1 Å². The van der Waals surface area contributed by atoms with E-state index in [1.807, 2.05) is 37.3 Å². The van der Waals surface area contributed by atoms with Crippen LogP contribution in [0.15, 0.2) is 42.7 Å². The average Bonchev–Trinajstić information content (AvgIpc) is 2.45. The quantitative estimate of drug-likeness (QED) is 0.912. The maximum Gasteiger partial charge on any atom is 0.407 e. The Morgan fingerprint density at radius 2 is 1.89 bits per heavy atom. The Balaban J connectivity index is 1.74. The van der Waals surface area contributed by atoms with Gasteiger partial charge in [0.2, 0.25) is 0 Å². The van der Waals surface area contributed by atoms with Gasteiger partial charge < -0.3 is 10.1 Å². The highest BCUT2D eigenvalue weighted by Gasteiger charge is 2.03. The van der Waals surface area contributed by atoms with Crippen molar-refractivity contribution in [1.82, 2.24) is 15.3 Å². The fourth-order valence-electron chi connectivity index (χ4n) is 1.44. The first-order chi connectivity index (χ1) is 9.24. The van der Waals surface area contributed by atoms with Crippen LogP contribution in [-0.4, -0.2) is 16.1 Å². The largest absolute Gasteiger partial charge is 0.445 e. The number of carbonyl (C=O) groups is 1. The van der Waals surface area contributed by atoms with E-state index in [1.54, 1.807) is 12.4 Å². The maximum atomic E-state index is 11.5. The van der Waals surface area contributed by atoms with Gasteiger partial charge in [0, 0.05) is 12.4 Å². The number of ether oxygens (including phenoxy) is 1. The lowest BCUT2D eigenvalue weighted by molar-refractivity contribution is 0.139. The summed E-state index contributed by atoms with van der Waals surface area (Å²) in [6, 6.07) is 9.51. The monoisotopic (exact) mass is 257 g/mol. The number of hydrogen-bond acceptors (Lipinski definition) is 4. The number of nitrogens with zero attached hydrogens (tertiary/aromatic N) is 2. The highest BCUT2D eigenvalue weighted by atomic mass is 16.5. The van der Waals surface area contributed by atoms with E-state index in [-0.39, 0.29) is 13.2 Å². The fourth-order valence-corrected chi connectivity index (χ4v) is 1.44. The smallest absolute Gasteiger partial charge is 0.407 e. The molecule has 0 aliphatic heterocycles. The Bertz CT molecular complexity index is 526. The number of amides is 1. The summed E-state index contributed by atoms with van der Waals surface area (Å²) in [5.41, 5.74) is 1.93. The number of aryl methyl sites for hydroxylation is 1. The molecule has 1 amide bonds. The minimum atomic E-state index is -0.479. The molecule has 1 N–H and O–H groups in total. The number of hydrogen-bond donors (Lipinski definition) is 1. The lowest BCUT2D eigenvalue weighted by atomic mass is 10.2. The molecule has 1 aromatic heterocycles. The van der Waals surface area contributed by atoms with E-state index in [4.69, 9.17) is 4.74 Å². The first kappa shape index (κ1) is 13.0. The molecule has 0 aliphatic rings. The second-order valence-electron chi connectivity index (χ2n) is 4.09. The highest BCUT2D eigenvalue weighted by Crippen LogP contribution is 2.00. The summed E-state index contributed by atoms with van der Waals surface area (Å²) in [5.74, 6) is 0.558. The van der Waals surface area contributed by atoms with E-state index in [0.717, 1.165) is 11.1 Å². The molecule has 0 fully saturated rings. The molecular formula is C14H15N3O2. The van der Waals surface area contributed by atoms with Gasteiger partial charge in [0.05, 0.1) is 6.54 Å². The van der Waals surface area contributed by atoms with Gasteiger partial charge in [-0.05, 0) is 18.1 Å². The Morgan fingerprint density at radius 3 is 2.58 bits per heavy atom. The summed E-state index contributed by atoms with van der Waals surface area (Å²) >= 11 is 0. The van der Waals surface area contributed by atoms with E-state index < -0.39 is 6.09 Å². The number of benzene rings is 1. The second kappa shape index (κ2) is 6.49. The van der Waals surface area contributed by atoms with Gasteiger partial charge in [0.15, 0.2) is 0 Å².